The van der Waals surface area contributed by atoms with Gasteiger partial charge in [0.15, 0.2) is 5.65 Å². The van der Waals surface area contributed by atoms with Crippen LogP contribution >= 0.6 is 11.6 Å². The number of hydrogen-bond donors (Lipinski definition) is 3. The van der Waals surface area contributed by atoms with Crippen LogP contribution in [0.1, 0.15) is 97.6 Å². The first-order valence-electron chi connectivity index (χ1n) is 20.9. The van der Waals surface area contributed by atoms with Crippen LogP contribution in [0, 0.1) is 0 Å². The molecule has 0 bridgehead atoms. The molecule has 316 valence electrons. The molecule has 1 unspecified atom stereocenters. The Morgan fingerprint density at radius 2 is 1.77 bits per heavy atom. The molecule has 1 aromatic carbocycles. The quantitative estimate of drug-likeness (QED) is 0.107. The van der Waals surface area contributed by atoms with Crippen LogP contribution in [-0.2, 0) is 27.3 Å². The maximum Gasteiger partial charge on any atom is 0.323 e. The Morgan fingerprint density at radius 3 is 2.57 bits per heavy atom. The van der Waals surface area contributed by atoms with E-state index in [0.29, 0.717) is 80.5 Å². The molecule has 61 heavy (non-hydrogen) atoms. The minimum atomic E-state index is -0.647. The number of anilines is 3. The molecule has 2 saturated heterocycles. The van der Waals surface area contributed by atoms with Gasteiger partial charge in [-0.2, -0.15) is 10.1 Å². The molecule has 4 aliphatic rings. The predicted octanol–water partition coefficient (Wildman–Crippen LogP) is 5.34. The number of imide groups is 1. The van der Waals surface area contributed by atoms with Gasteiger partial charge in [-0.1, -0.05) is 36.0 Å². The Labute approximate surface area is 355 Å². The molecule has 3 aliphatic heterocycles. The number of halogens is 1. The van der Waals surface area contributed by atoms with Crippen LogP contribution in [0.3, 0.4) is 0 Å². The van der Waals surface area contributed by atoms with Gasteiger partial charge in [-0.05, 0) is 61.9 Å². The Hall–Kier alpha value is -6.43. The fraction of sp³-hybridized carbons (Fsp3) is 0.429. The second-order valence-corrected chi connectivity index (χ2v) is 16.4. The minimum Gasteiger partial charge on any atom is -0.368 e. The van der Waals surface area contributed by atoms with Gasteiger partial charge in [-0.3, -0.25) is 24.5 Å². The number of hydrogen-bond acceptors (Lipinski definition) is 12. The van der Waals surface area contributed by atoms with Crippen molar-refractivity contribution in [1.82, 2.24) is 44.8 Å². The number of pyridine rings is 1. The summed E-state index contributed by atoms with van der Waals surface area (Å²) in [6.45, 7) is 2.88. The number of carbonyl (C=O) groups excluding carboxylic acids is 5. The van der Waals surface area contributed by atoms with Crippen LogP contribution in [0.2, 0.25) is 5.02 Å². The SMILES string of the molecule is O=C1CCC(N2Cc3cc(N4CCN(C(=O)CCCCCc5nc(-c6ncc(NC(=O)Nc7cnc8ccnn8c7C7CCCC7)cc6Cl)no5)CC4)ccc3C2=O)C(=O)N1. The Kier molecular flexibility index (Phi) is 11.3. The molecule has 1 saturated carbocycles. The summed E-state index contributed by atoms with van der Waals surface area (Å²) in [5, 5.41) is 16.8. The molecule has 1 atom stereocenters. The van der Waals surface area contributed by atoms with Crippen molar-refractivity contribution >= 4 is 64.0 Å². The van der Waals surface area contributed by atoms with Gasteiger partial charge in [0.25, 0.3) is 5.91 Å². The summed E-state index contributed by atoms with van der Waals surface area (Å²) in [7, 11) is 0. The average Bonchev–Trinajstić information content (AvgIpc) is 4.10. The highest BCUT2D eigenvalue weighted by Gasteiger charge is 2.39. The van der Waals surface area contributed by atoms with Crippen molar-refractivity contribution in [3.05, 3.63) is 76.7 Å². The van der Waals surface area contributed by atoms with Crippen LogP contribution < -0.4 is 20.9 Å². The Bertz CT molecular complexity index is 2510. The van der Waals surface area contributed by atoms with E-state index in [0.717, 1.165) is 67.5 Å². The first-order valence-corrected chi connectivity index (χ1v) is 21.3. The third-order valence-electron chi connectivity index (χ3n) is 12.0. The number of piperazine rings is 1. The van der Waals surface area contributed by atoms with E-state index in [1.165, 1.54) is 6.20 Å². The highest BCUT2D eigenvalue weighted by Crippen LogP contribution is 2.38. The van der Waals surface area contributed by atoms with Crippen molar-refractivity contribution in [2.24, 2.45) is 0 Å². The van der Waals surface area contributed by atoms with E-state index in [9.17, 15) is 24.0 Å². The molecule has 5 aromatic rings. The van der Waals surface area contributed by atoms with E-state index in [1.54, 1.807) is 27.9 Å². The van der Waals surface area contributed by atoms with Crippen molar-refractivity contribution in [1.29, 1.82) is 0 Å². The lowest BCUT2D eigenvalue weighted by atomic mass is 10.0. The molecule has 19 heteroatoms. The van der Waals surface area contributed by atoms with E-state index in [4.69, 9.17) is 16.1 Å². The summed E-state index contributed by atoms with van der Waals surface area (Å²) in [5.41, 5.74) is 5.42. The number of fused-ring (bicyclic) bond motifs is 2. The van der Waals surface area contributed by atoms with Crippen LogP contribution in [0.5, 0.6) is 0 Å². The highest BCUT2D eigenvalue weighted by molar-refractivity contribution is 6.33. The van der Waals surface area contributed by atoms with Gasteiger partial charge in [-0.15, -0.1) is 0 Å². The first kappa shape index (κ1) is 40.0. The molecular weight excluding hydrogens is 804 g/mol. The largest absolute Gasteiger partial charge is 0.368 e. The Morgan fingerprint density at radius 1 is 0.934 bits per heavy atom. The fourth-order valence-electron chi connectivity index (χ4n) is 8.85. The number of nitrogens with zero attached hydrogens (tertiary/aromatic N) is 9. The lowest BCUT2D eigenvalue weighted by Gasteiger charge is -2.36. The van der Waals surface area contributed by atoms with Crippen LogP contribution in [0.15, 0.2) is 53.4 Å². The van der Waals surface area contributed by atoms with Gasteiger partial charge >= 0.3 is 6.03 Å². The van der Waals surface area contributed by atoms with E-state index in [1.807, 2.05) is 29.2 Å². The molecule has 0 radical (unpaired) electrons. The number of urea groups is 1. The number of amides is 6. The number of nitrogens with one attached hydrogen (secondary N) is 3. The van der Waals surface area contributed by atoms with Crippen molar-refractivity contribution in [2.75, 3.05) is 41.7 Å². The summed E-state index contributed by atoms with van der Waals surface area (Å²) in [6, 6.07) is 8.05. The van der Waals surface area contributed by atoms with Gasteiger partial charge in [0.05, 0.1) is 40.7 Å². The van der Waals surface area contributed by atoms with Gasteiger partial charge in [0.1, 0.15) is 11.7 Å². The maximum absolute atomic E-state index is 13.1. The van der Waals surface area contributed by atoms with E-state index >= 15 is 0 Å². The van der Waals surface area contributed by atoms with Crippen molar-refractivity contribution in [3.8, 4) is 11.5 Å². The monoisotopic (exact) mass is 848 g/mol. The van der Waals surface area contributed by atoms with Crippen LogP contribution in [-0.4, -0.2) is 101 Å². The van der Waals surface area contributed by atoms with Crippen LogP contribution in [0.25, 0.3) is 17.2 Å². The van der Waals surface area contributed by atoms with Crippen molar-refractivity contribution in [3.63, 3.8) is 0 Å². The summed E-state index contributed by atoms with van der Waals surface area (Å²) in [6.07, 6.45) is 13.0. The lowest BCUT2D eigenvalue weighted by Crippen LogP contribution is -2.52. The number of unbranched alkanes of at least 4 members (excludes halogenated alkanes) is 2. The number of aromatic nitrogens is 6. The normalized spacial score (nSPS) is 18.2. The number of carbonyl (C=O) groups is 5. The summed E-state index contributed by atoms with van der Waals surface area (Å²) in [5.74, 6) is 0.165. The van der Waals surface area contributed by atoms with Crippen LogP contribution in [0.4, 0.5) is 21.9 Å². The third-order valence-corrected chi connectivity index (χ3v) is 12.3. The number of rotatable bonds is 12. The molecule has 3 fully saturated rings. The highest BCUT2D eigenvalue weighted by atomic mass is 35.5. The Balaban J connectivity index is 0.701. The van der Waals surface area contributed by atoms with Crippen molar-refractivity contribution in [2.45, 2.75) is 89.1 Å². The molecule has 1 aliphatic carbocycles. The molecule has 9 rings (SSSR count). The molecule has 18 nitrogen and oxygen atoms in total. The standard InChI is InChI=1S/C42H45ClN12O6/c43-30-21-27(47-42(60)48-31-23-44-33-14-15-46-55(33)38(31)25-6-4-5-7-25)22-45-37(30)39-50-35(61-51-39)8-2-1-3-9-36(57)53-18-16-52(17-19-53)28-10-11-29-26(20-28)24-54(41(29)59)32-12-13-34(56)49-40(32)58/h10-11,14-15,20-23,25,32H,1-9,12-13,16-19,24H2,(H2,47,48,60)(H,49,56,58). The molecule has 6 amide bonds. The topological polar surface area (TPSA) is 213 Å². The van der Waals surface area contributed by atoms with Gasteiger partial charge in [0, 0.05) is 75.2 Å². The van der Waals surface area contributed by atoms with Gasteiger partial charge in [-0.25, -0.2) is 19.3 Å². The molecule has 4 aromatic heterocycles. The zero-order valence-corrected chi connectivity index (χ0v) is 34.2. The van der Waals surface area contributed by atoms with Crippen molar-refractivity contribution < 1.29 is 28.5 Å². The summed E-state index contributed by atoms with van der Waals surface area (Å²) in [4.78, 5) is 82.2. The third kappa shape index (κ3) is 8.49. The maximum atomic E-state index is 13.1. The second-order valence-electron chi connectivity index (χ2n) is 16.0. The average molecular weight is 849 g/mol. The molecule has 7 heterocycles. The number of piperidine rings is 1. The summed E-state index contributed by atoms with van der Waals surface area (Å²) >= 11 is 6.57. The van der Waals surface area contributed by atoms with Gasteiger partial charge in [0.2, 0.25) is 29.4 Å². The van der Waals surface area contributed by atoms with E-state index in [-0.39, 0.29) is 40.9 Å². The predicted molar refractivity (Wildman–Crippen MR) is 223 cm³/mol. The second kappa shape index (κ2) is 17.3. The molecule has 0 spiro atoms. The van der Waals surface area contributed by atoms with E-state index < -0.39 is 18.0 Å². The summed E-state index contributed by atoms with van der Waals surface area (Å²) < 4.78 is 7.28. The smallest absolute Gasteiger partial charge is 0.323 e. The molecular formula is C42H45ClN12O6. The lowest BCUT2D eigenvalue weighted by molar-refractivity contribution is -0.137. The van der Waals surface area contributed by atoms with E-state index in [2.05, 4.69) is 46.1 Å². The molecule has 3 N–H and O–H groups in total. The van der Waals surface area contributed by atoms with Gasteiger partial charge < -0.3 is 29.9 Å². The zero-order valence-electron chi connectivity index (χ0n) is 33.4. The first-order chi connectivity index (χ1) is 29.7. The number of aryl methyl sites for hydroxylation is 1. The fourth-order valence-corrected chi connectivity index (χ4v) is 9.10. The zero-order chi connectivity index (χ0) is 42.0. The number of benzene rings is 1. The minimum absolute atomic E-state index is 0.122.